The first kappa shape index (κ1) is 26.9. The van der Waals surface area contributed by atoms with Gasteiger partial charge in [-0.3, -0.25) is 16.3 Å². The minimum absolute atomic E-state index is 0. The zero-order valence-electron chi connectivity index (χ0n) is 17.7. The number of hydrazine groups is 1. The van der Waals surface area contributed by atoms with E-state index in [4.69, 9.17) is 9.90 Å². The van der Waals surface area contributed by atoms with Crippen molar-refractivity contribution in [2.75, 3.05) is 13.1 Å². The molecule has 0 aromatic rings. The third-order valence-electron chi connectivity index (χ3n) is 4.88. The van der Waals surface area contributed by atoms with Crippen molar-refractivity contribution in [3.63, 3.8) is 0 Å². The van der Waals surface area contributed by atoms with E-state index in [1.54, 1.807) is 0 Å². The average Bonchev–Trinajstić information content (AvgIpc) is 2.70. The van der Waals surface area contributed by atoms with E-state index in [0.29, 0.717) is 0 Å². The van der Waals surface area contributed by atoms with Crippen LogP contribution < -0.4 is 35.0 Å². The Kier molecular flexibility index (Phi) is 19.1. The fraction of sp³-hybridized carbons (Fsp3) is 0.773. The number of rotatable bonds is 1. The van der Waals surface area contributed by atoms with E-state index in [1.165, 1.54) is 83.6 Å². The molecule has 4 nitrogen and oxygen atoms in total. The van der Waals surface area contributed by atoms with Crippen molar-refractivity contribution in [1.29, 1.82) is 0 Å². The smallest absolute Gasteiger partial charge is 0.501 e. The fourth-order valence-electron chi connectivity index (χ4n) is 3.52. The molecule has 0 amide bonds. The molecule has 1 aliphatic heterocycles. The molecule has 1 heterocycles. The molecular weight excluding hydrogens is 347 g/mol. The third-order valence-corrected chi connectivity index (χ3v) is 4.88. The van der Waals surface area contributed by atoms with Crippen molar-refractivity contribution in [3.8, 4) is 0 Å². The number of allylic oxidation sites excluding steroid dienone is 4. The summed E-state index contributed by atoms with van der Waals surface area (Å²) in [7, 11) is 0. The topological polar surface area (TPSA) is 52.6 Å². The summed E-state index contributed by atoms with van der Waals surface area (Å²) < 4.78 is 0. The monoisotopic (exact) mass is 386 g/mol. The Hall–Kier alpha value is -0.130. The average molecular weight is 387 g/mol. The Morgan fingerprint density at radius 3 is 2.44 bits per heavy atom. The van der Waals surface area contributed by atoms with E-state index in [1.807, 2.05) is 0 Å². The molecule has 1 atom stereocenters. The molecule has 0 saturated carbocycles. The summed E-state index contributed by atoms with van der Waals surface area (Å²) in [6, 6.07) is 0.733. The molecule has 0 fully saturated rings. The Bertz CT molecular complexity index is 377. The molecule has 1 aliphatic carbocycles. The van der Waals surface area contributed by atoms with Crippen LogP contribution in [0.15, 0.2) is 18.2 Å². The first-order chi connectivity index (χ1) is 12.7. The van der Waals surface area contributed by atoms with Crippen molar-refractivity contribution in [2.45, 2.75) is 96.4 Å². The molecule has 0 aromatic carbocycles. The number of carboxylic acids is 1. The molecule has 0 radical (unpaired) electrons. The van der Waals surface area contributed by atoms with Gasteiger partial charge in [-0.2, -0.15) is 6.42 Å². The molecule has 2 aliphatic rings. The number of carboxylic acid groups (broad SMARTS) is 1. The van der Waals surface area contributed by atoms with Crippen molar-refractivity contribution in [3.05, 3.63) is 24.3 Å². The van der Waals surface area contributed by atoms with Crippen LogP contribution in [0.2, 0.25) is 0 Å². The van der Waals surface area contributed by atoms with E-state index < -0.39 is 5.97 Å². The SMILES string of the molecule is CC(=O)O.[C-]1=CCCCCNN(C2CCC/C=C\CCCCC2)CCC1.[Na+]. The molecule has 2 rings (SSSR count). The van der Waals surface area contributed by atoms with Gasteiger partial charge in [0, 0.05) is 26.1 Å². The number of hydrogen-bond acceptors (Lipinski definition) is 3. The minimum Gasteiger partial charge on any atom is -0.501 e. The maximum atomic E-state index is 9.00. The van der Waals surface area contributed by atoms with Crippen LogP contribution >= 0.6 is 0 Å². The van der Waals surface area contributed by atoms with E-state index in [-0.39, 0.29) is 29.6 Å². The molecule has 1 unspecified atom stereocenters. The zero-order valence-corrected chi connectivity index (χ0v) is 19.7. The van der Waals surface area contributed by atoms with Crippen LogP contribution in [0.4, 0.5) is 0 Å². The molecular formula is C22H39N2NaO2. The molecule has 0 aromatic heterocycles. The molecule has 0 saturated heterocycles. The molecule has 0 bridgehead atoms. The maximum absolute atomic E-state index is 9.00. The molecule has 2 N–H and O–H groups in total. The van der Waals surface area contributed by atoms with Gasteiger partial charge in [-0.25, -0.2) is 5.01 Å². The van der Waals surface area contributed by atoms with Gasteiger partial charge in [0.05, 0.1) is 0 Å². The van der Waals surface area contributed by atoms with Gasteiger partial charge in [-0.1, -0.05) is 44.3 Å². The van der Waals surface area contributed by atoms with Crippen LogP contribution in [0, 0.1) is 6.08 Å². The van der Waals surface area contributed by atoms with Gasteiger partial charge in [0.25, 0.3) is 5.97 Å². The number of carbonyl (C=O) groups is 1. The molecule has 5 heteroatoms. The summed E-state index contributed by atoms with van der Waals surface area (Å²) in [5, 5.41) is 10.0. The molecule has 0 spiro atoms. The number of hydrogen-bond donors (Lipinski definition) is 2. The summed E-state index contributed by atoms with van der Waals surface area (Å²) in [4.78, 5) is 9.00. The molecule has 27 heavy (non-hydrogen) atoms. The van der Waals surface area contributed by atoms with E-state index >= 15 is 0 Å². The van der Waals surface area contributed by atoms with Crippen LogP contribution in [0.3, 0.4) is 0 Å². The fourth-order valence-corrected chi connectivity index (χ4v) is 3.52. The summed E-state index contributed by atoms with van der Waals surface area (Å²) >= 11 is 0. The van der Waals surface area contributed by atoms with Crippen molar-refractivity contribution in [1.82, 2.24) is 10.4 Å². The first-order valence-corrected chi connectivity index (χ1v) is 10.6. The van der Waals surface area contributed by atoms with Crippen LogP contribution in [0.5, 0.6) is 0 Å². The van der Waals surface area contributed by atoms with Gasteiger partial charge >= 0.3 is 29.6 Å². The summed E-state index contributed by atoms with van der Waals surface area (Å²) in [6.45, 7) is 3.41. The van der Waals surface area contributed by atoms with E-state index in [0.717, 1.165) is 25.9 Å². The van der Waals surface area contributed by atoms with Crippen molar-refractivity contribution >= 4 is 5.97 Å². The summed E-state index contributed by atoms with van der Waals surface area (Å²) in [6.07, 6.45) is 27.4. The van der Waals surface area contributed by atoms with Gasteiger partial charge in [0.1, 0.15) is 0 Å². The van der Waals surface area contributed by atoms with Crippen LogP contribution in [0.1, 0.15) is 90.4 Å². The van der Waals surface area contributed by atoms with Gasteiger partial charge in [0.15, 0.2) is 0 Å². The Labute approximate surface area is 189 Å². The number of nitrogens with one attached hydrogen (secondary N) is 1. The second-order valence-corrected chi connectivity index (χ2v) is 7.32. The Morgan fingerprint density at radius 2 is 1.67 bits per heavy atom. The molecule has 150 valence electrons. The normalized spacial score (nSPS) is 24.7. The van der Waals surface area contributed by atoms with Crippen LogP contribution in [0.25, 0.3) is 0 Å². The Balaban J connectivity index is 0.00000123. The predicted molar refractivity (Wildman–Crippen MR) is 109 cm³/mol. The van der Waals surface area contributed by atoms with Gasteiger partial charge < -0.3 is 11.2 Å². The summed E-state index contributed by atoms with van der Waals surface area (Å²) in [5.41, 5.74) is 3.76. The van der Waals surface area contributed by atoms with Crippen molar-refractivity contribution in [2.24, 2.45) is 0 Å². The number of nitrogens with zero attached hydrogens (tertiary/aromatic N) is 1. The number of aliphatic carboxylic acids is 1. The largest absolute Gasteiger partial charge is 1.00 e. The van der Waals surface area contributed by atoms with Gasteiger partial charge in [0.2, 0.25) is 0 Å². The van der Waals surface area contributed by atoms with Crippen LogP contribution in [-0.4, -0.2) is 35.2 Å². The second kappa shape index (κ2) is 19.2. The third kappa shape index (κ3) is 16.5. The maximum Gasteiger partial charge on any atom is 1.00 e. The quantitative estimate of drug-likeness (QED) is 0.412. The summed E-state index contributed by atoms with van der Waals surface area (Å²) in [5.74, 6) is -0.833. The van der Waals surface area contributed by atoms with Crippen LogP contribution in [-0.2, 0) is 4.79 Å². The second-order valence-electron chi connectivity index (χ2n) is 7.32. The van der Waals surface area contributed by atoms with E-state index in [2.05, 4.69) is 34.7 Å². The van der Waals surface area contributed by atoms with Gasteiger partial charge in [-0.15, -0.1) is 0 Å². The predicted octanol–water partition coefficient (Wildman–Crippen LogP) is 2.27. The Morgan fingerprint density at radius 1 is 1.00 bits per heavy atom. The van der Waals surface area contributed by atoms with Gasteiger partial charge in [-0.05, 0) is 44.9 Å². The van der Waals surface area contributed by atoms with Crippen molar-refractivity contribution < 1.29 is 39.5 Å². The van der Waals surface area contributed by atoms with E-state index in [9.17, 15) is 0 Å². The minimum atomic E-state index is -0.833. The first-order valence-electron chi connectivity index (χ1n) is 10.6. The zero-order chi connectivity index (χ0) is 18.9. The standard InChI is InChI=1S/C20H35N2.C2H4O2.Na/c1-2-5-9-13-17-20(16-12-8-4-1)22-19-15-11-7-3-6-10-14-18-21-22;1-2(3)4;/h1,3-4,20-21H,2,5-6,8-19H2;1H3,(H,3,4);/q-1;;+1/b4-1-;;.